The molecule has 0 bridgehead atoms. The van der Waals surface area contributed by atoms with Crippen LogP contribution in [-0.2, 0) is 11.2 Å². The van der Waals surface area contributed by atoms with Gasteiger partial charge in [-0.25, -0.2) is 0 Å². The van der Waals surface area contributed by atoms with Crippen molar-refractivity contribution in [2.45, 2.75) is 18.9 Å². The summed E-state index contributed by atoms with van der Waals surface area (Å²) in [7, 11) is 0. The van der Waals surface area contributed by atoms with Gasteiger partial charge in [-0.15, -0.1) is 11.3 Å². The first-order valence-corrected chi connectivity index (χ1v) is 6.05. The summed E-state index contributed by atoms with van der Waals surface area (Å²) in [5.74, 6) is 0.762. The molecule has 1 aliphatic carbocycles. The average Bonchev–Trinajstić information content (AvgIpc) is 2.62. The van der Waals surface area contributed by atoms with Crippen LogP contribution in [0.5, 0.6) is 0 Å². The lowest BCUT2D eigenvalue weighted by Gasteiger charge is -2.19. The number of fused-ring (bicyclic) bond motifs is 1. The van der Waals surface area contributed by atoms with E-state index in [9.17, 15) is 0 Å². The average molecular weight is 209 g/mol. The zero-order chi connectivity index (χ0) is 9.60. The molecule has 1 aliphatic heterocycles. The highest BCUT2D eigenvalue weighted by Crippen LogP contribution is 2.59. The van der Waals surface area contributed by atoms with E-state index in [-0.39, 0.29) is 0 Å². The van der Waals surface area contributed by atoms with Gasteiger partial charge in [-0.2, -0.15) is 0 Å². The molecule has 3 atom stereocenters. The molecule has 2 N–H and O–H groups in total. The minimum Gasteiger partial charge on any atom is -0.380 e. The first kappa shape index (κ1) is 8.89. The molecule has 2 aliphatic rings. The van der Waals surface area contributed by atoms with Crippen LogP contribution in [0.1, 0.15) is 11.3 Å². The van der Waals surface area contributed by atoms with Crippen molar-refractivity contribution < 1.29 is 4.74 Å². The van der Waals surface area contributed by atoms with E-state index >= 15 is 0 Å². The van der Waals surface area contributed by atoms with Gasteiger partial charge in [0.25, 0.3) is 0 Å². The van der Waals surface area contributed by atoms with E-state index < -0.39 is 0 Å². The number of rotatable bonds is 3. The number of nitrogens with two attached hydrogens (primary N) is 1. The van der Waals surface area contributed by atoms with E-state index in [4.69, 9.17) is 10.5 Å². The zero-order valence-electron chi connectivity index (χ0n) is 8.11. The van der Waals surface area contributed by atoms with Crippen molar-refractivity contribution in [3.05, 3.63) is 22.4 Å². The molecule has 76 valence electrons. The second-order valence-electron chi connectivity index (χ2n) is 4.54. The smallest absolute Gasteiger partial charge is 0.0541 e. The molecular weight excluding hydrogens is 194 g/mol. The first-order valence-electron chi connectivity index (χ1n) is 5.17. The van der Waals surface area contributed by atoms with Gasteiger partial charge in [-0.05, 0) is 30.2 Å². The van der Waals surface area contributed by atoms with Crippen molar-refractivity contribution in [3.8, 4) is 0 Å². The topological polar surface area (TPSA) is 35.2 Å². The Balaban J connectivity index is 1.69. The van der Waals surface area contributed by atoms with E-state index in [1.807, 2.05) is 0 Å². The van der Waals surface area contributed by atoms with Gasteiger partial charge in [0.05, 0.1) is 13.2 Å². The van der Waals surface area contributed by atoms with Crippen LogP contribution in [0.3, 0.4) is 0 Å². The fourth-order valence-corrected chi connectivity index (χ4v) is 3.37. The fourth-order valence-electron chi connectivity index (χ4n) is 2.60. The van der Waals surface area contributed by atoms with E-state index in [0.29, 0.717) is 11.5 Å². The van der Waals surface area contributed by atoms with Crippen LogP contribution >= 0.6 is 11.3 Å². The Morgan fingerprint density at radius 3 is 3.21 bits per heavy atom. The molecule has 1 aromatic heterocycles. The van der Waals surface area contributed by atoms with E-state index in [1.165, 1.54) is 11.3 Å². The summed E-state index contributed by atoms with van der Waals surface area (Å²) in [6.07, 6.45) is 2.32. The van der Waals surface area contributed by atoms with Crippen LogP contribution in [0.2, 0.25) is 0 Å². The van der Waals surface area contributed by atoms with Gasteiger partial charge in [0.2, 0.25) is 0 Å². The van der Waals surface area contributed by atoms with E-state index in [2.05, 4.69) is 17.5 Å². The molecule has 3 unspecified atom stereocenters. The Hall–Kier alpha value is -0.380. The van der Waals surface area contributed by atoms with Crippen molar-refractivity contribution in [2.24, 2.45) is 17.1 Å². The third-order valence-corrected chi connectivity index (χ3v) is 4.61. The highest BCUT2D eigenvalue weighted by Gasteiger charge is 2.61. The van der Waals surface area contributed by atoms with Crippen LogP contribution in [0.25, 0.3) is 0 Å². The Labute approximate surface area is 88.1 Å². The maximum Gasteiger partial charge on any atom is 0.0541 e. The third-order valence-electron chi connectivity index (χ3n) is 3.71. The highest BCUT2D eigenvalue weighted by atomic mass is 32.1. The highest BCUT2D eigenvalue weighted by molar-refractivity contribution is 7.09. The first-order chi connectivity index (χ1) is 6.81. The molecule has 0 spiro atoms. The maximum absolute atomic E-state index is 6.27. The number of thiophene rings is 1. The van der Waals surface area contributed by atoms with Crippen LogP contribution < -0.4 is 5.73 Å². The fraction of sp³-hybridized carbons (Fsp3) is 0.636. The molecule has 2 nitrogen and oxygen atoms in total. The van der Waals surface area contributed by atoms with E-state index in [0.717, 1.165) is 25.6 Å². The van der Waals surface area contributed by atoms with Gasteiger partial charge in [0.15, 0.2) is 0 Å². The number of hydrogen-bond acceptors (Lipinski definition) is 3. The number of ether oxygens (including phenoxy) is 1. The standard InChI is InChI=1S/C11H15NOS/c12-10(4-9-2-1-3-14-9)11-5-8(11)6-13-7-11/h1-3,8,10H,4-7,12H2. The molecule has 1 saturated carbocycles. The predicted octanol–water partition coefficient (Wildman–Crippen LogP) is 1.65. The molecule has 0 amide bonds. The second-order valence-corrected chi connectivity index (χ2v) is 5.57. The molecular formula is C11H15NOS. The van der Waals surface area contributed by atoms with Gasteiger partial charge in [-0.3, -0.25) is 0 Å². The van der Waals surface area contributed by atoms with Crippen molar-refractivity contribution in [3.63, 3.8) is 0 Å². The Morgan fingerprint density at radius 1 is 1.71 bits per heavy atom. The van der Waals surface area contributed by atoms with Gasteiger partial charge in [-0.1, -0.05) is 6.07 Å². The van der Waals surface area contributed by atoms with E-state index in [1.54, 1.807) is 11.3 Å². The lowest BCUT2D eigenvalue weighted by Crippen LogP contribution is -2.35. The summed E-state index contributed by atoms with van der Waals surface area (Å²) in [5.41, 5.74) is 6.62. The zero-order valence-corrected chi connectivity index (χ0v) is 8.93. The molecule has 2 fully saturated rings. The van der Waals surface area contributed by atoms with Crippen molar-refractivity contribution in [1.82, 2.24) is 0 Å². The number of hydrogen-bond donors (Lipinski definition) is 1. The summed E-state index contributed by atoms with van der Waals surface area (Å²) in [4.78, 5) is 1.41. The van der Waals surface area contributed by atoms with Gasteiger partial charge < -0.3 is 10.5 Å². The Kier molecular flexibility index (Phi) is 1.94. The van der Waals surface area contributed by atoms with Crippen LogP contribution in [0, 0.1) is 11.3 Å². The van der Waals surface area contributed by atoms with Gasteiger partial charge >= 0.3 is 0 Å². The molecule has 0 radical (unpaired) electrons. The second kappa shape index (κ2) is 3.05. The summed E-state index contributed by atoms with van der Waals surface area (Å²) >= 11 is 1.81. The molecule has 1 saturated heterocycles. The largest absolute Gasteiger partial charge is 0.380 e. The molecule has 3 rings (SSSR count). The SMILES string of the molecule is NC(Cc1cccs1)C12COCC1C2. The maximum atomic E-state index is 6.27. The monoisotopic (exact) mass is 209 g/mol. The molecule has 14 heavy (non-hydrogen) atoms. The quantitative estimate of drug-likeness (QED) is 0.821. The van der Waals surface area contributed by atoms with Crippen LogP contribution in [0.4, 0.5) is 0 Å². The third kappa shape index (κ3) is 1.23. The lowest BCUT2D eigenvalue weighted by atomic mass is 9.93. The van der Waals surface area contributed by atoms with Gasteiger partial charge in [0.1, 0.15) is 0 Å². The molecule has 3 heteroatoms. The predicted molar refractivity (Wildman–Crippen MR) is 57.4 cm³/mol. The van der Waals surface area contributed by atoms with Gasteiger partial charge in [0, 0.05) is 16.3 Å². The summed E-state index contributed by atoms with van der Waals surface area (Å²) < 4.78 is 5.47. The summed E-state index contributed by atoms with van der Waals surface area (Å²) in [6, 6.07) is 4.57. The normalized spacial score (nSPS) is 36.8. The summed E-state index contributed by atoms with van der Waals surface area (Å²) in [6.45, 7) is 1.84. The van der Waals surface area contributed by atoms with Crippen molar-refractivity contribution >= 4 is 11.3 Å². The molecule has 1 aromatic rings. The van der Waals surface area contributed by atoms with Crippen LogP contribution in [-0.4, -0.2) is 19.3 Å². The minimum absolute atomic E-state index is 0.300. The summed E-state index contributed by atoms with van der Waals surface area (Å²) in [5, 5.41) is 2.12. The van der Waals surface area contributed by atoms with Crippen molar-refractivity contribution in [1.29, 1.82) is 0 Å². The van der Waals surface area contributed by atoms with Crippen molar-refractivity contribution in [2.75, 3.05) is 13.2 Å². The molecule has 2 heterocycles. The Bertz CT molecular complexity index is 324. The Morgan fingerprint density at radius 2 is 2.64 bits per heavy atom. The minimum atomic E-state index is 0.300. The van der Waals surface area contributed by atoms with Crippen LogP contribution in [0.15, 0.2) is 17.5 Å². The lowest BCUT2D eigenvalue weighted by molar-refractivity contribution is 0.139. The molecule has 0 aromatic carbocycles.